The molecular weight excluding hydrogens is 283 g/mol. The number of hydrogen-bond acceptors (Lipinski definition) is 3. The lowest BCUT2D eigenvalue weighted by molar-refractivity contribution is 0.579. The molecule has 0 unspecified atom stereocenters. The van der Waals surface area contributed by atoms with Crippen molar-refractivity contribution in [2.45, 2.75) is 11.8 Å². The van der Waals surface area contributed by atoms with Gasteiger partial charge >= 0.3 is 0 Å². The van der Waals surface area contributed by atoms with Crippen molar-refractivity contribution in [3.63, 3.8) is 0 Å². The van der Waals surface area contributed by atoms with E-state index in [4.69, 9.17) is 23.2 Å². The fourth-order valence-corrected chi connectivity index (χ4v) is 3.22. The summed E-state index contributed by atoms with van der Waals surface area (Å²) in [4.78, 5) is -0.0216. The van der Waals surface area contributed by atoms with Crippen molar-refractivity contribution < 1.29 is 8.42 Å². The molecule has 0 radical (unpaired) electrons. The summed E-state index contributed by atoms with van der Waals surface area (Å²) in [5.41, 5.74) is 0.610. The number of nitrogens with zero attached hydrogens (tertiary/aromatic N) is 2. The van der Waals surface area contributed by atoms with Gasteiger partial charge in [-0.25, -0.2) is 0 Å². The first-order chi connectivity index (χ1) is 7.91. The first-order valence-corrected chi connectivity index (χ1v) is 6.84. The monoisotopic (exact) mass is 290 g/mol. The standard InChI is InChI=1S/C10H8Cl2N2O2S/c1-7-4-5-14(13-7)17(15,16)10-3-2-8(11)6-9(10)12/h2-6H,1H3. The maximum atomic E-state index is 12.2. The van der Waals surface area contributed by atoms with E-state index in [1.165, 1.54) is 24.4 Å². The van der Waals surface area contributed by atoms with Crippen molar-refractivity contribution in [1.29, 1.82) is 0 Å². The van der Waals surface area contributed by atoms with Crippen molar-refractivity contribution >= 4 is 33.2 Å². The quantitative estimate of drug-likeness (QED) is 0.855. The summed E-state index contributed by atoms with van der Waals surface area (Å²) in [6.45, 7) is 1.70. The largest absolute Gasteiger partial charge is 0.284 e. The first kappa shape index (κ1) is 12.4. The Balaban J connectivity index is 2.60. The molecule has 0 amide bonds. The molecule has 0 aliphatic heterocycles. The van der Waals surface area contributed by atoms with Gasteiger partial charge in [0.2, 0.25) is 0 Å². The molecule has 1 aromatic heterocycles. The third kappa shape index (κ3) is 2.31. The summed E-state index contributed by atoms with van der Waals surface area (Å²) in [6.07, 6.45) is 1.37. The lowest BCUT2D eigenvalue weighted by atomic mass is 10.4. The van der Waals surface area contributed by atoms with Gasteiger partial charge in [0.1, 0.15) is 4.90 Å². The molecule has 0 aliphatic rings. The number of halogens is 2. The number of benzene rings is 1. The zero-order chi connectivity index (χ0) is 12.6. The number of rotatable bonds is 2. The lowest BCUT2D eigenvalue weighted by Crippen LogP contribution is -2.14. The Morgan fingerprint density at radius 3 is 2.47 bits per heavy atom. The maximum Gasteiger partial charge on any atom is 0.284 e. The van der Waals surface area contributed by atoms with Gasteiger partial charge in [-0.05, 0) is 31.2 Å². The zero-order valence-corrected chi connectivity index (χ0v) is 11.1. The Morgan fingerprint density at radius 2 is 1.94 bits per heavy atom. The average Bonchev–Trinajstić information content (AvgIpc) is 2.64. The third-order valence-electron chi connectivity index (χ3n) is 2.12. The van der Waals surface area contributed by atoms with Crippen LogP contribution in [-0.2, 0) is 10.0 Å². The topological polar surface area (TPSA) is 52.0 Å². The normalized spacial score (nSPS) is 11.7. The second-order valence-corrected chi connectivity index (χ2v) is 6.02. The fraction of sp³-hybridized carbons (Fsp3) is 0.100. The summed E-state index contributed by atoms with van der Waals surface area (Å²) in [5.74, 6) is 0. The highest BCUT2D eigenvalue weighted by atomic mass is 35.5. The van der Waals surface area contributed by atoms with Crippen LogP contribution in [0.5, 0.6) is 0 Å². The molecule has 4 nitrogen and oxygen atoms in total. The van der Waals surface area contributed by atoms with Gasteiger partial charge in [0.25, 0.3) is 10.0 Å². The van der Waals surface area contributed by atoms with Gasteiger partial charge in [0.05, 0.1) is 10.7 Å². The van der Waals surface area contributed by atoms with Crippen LogP contribution in [0.1, 0.15) is 5.69 Å². The van der Waals surface area contributed by atoms with Crippen LogP contribution >= 0.6 is 23.2 Å². The summed E-state index contributed by atoms with van der Waals surface area (Å²) in [6, 6.07) is 5.81. The maximum absolute atomic E-state index is 12.2. The highest BCUT2D eigenvalue weighted by molar-refractivity contribution is 7.90. The molecule has 2 aromatic rings. The van der Waals surface area contributed by atoms with Crippen molar-refractivity contribution in [3.05, 3.63) is 46.2 Å². The van der Waals surface area contributed by atoms with Crippen LogP contribution in [0, 0.1) is 6.92 Å². The molecule has 1 aromatic carbocycles. The second kappa shape index (κ2) is 4.33. The Bertz CT molecular complexity index is 665. The molecule has 0 aliphatic carbocycles. The van der Waals surface area contributed by atoms with Crippen LogP contribution in [0.25, 0.3) is 0 Å². The Labute approximate surface area is 109 Å². The van der Waals surface area contributed by atoms with Gasteiger partial charge in [0.15, 0.2) is 0 Å². The van der Waals surface area contributed by atoms with E-state index in [1.807, 2.05) is 0 Å². The van der Waals surface area contributed by atoms with Crippen molar-refractivity contribution in [3.8, 4) is 0 Å². The molecule has 0 bridgehead atoms. The van der Waals surface area contributed by atoms with E-state index in [2.05, 4.69) is 5.10 Å². The Kier molecular flexibility index (Phi) is 3.16. The van der Waals surface area contributed by atoms with Crippen LogP contribution in [0.3, 0.4) is 0 Å². The summed E-state index contributed by atoms with van der Waals surface area (Å²) >= 11 is 11.6. The fourth-order valence-electron chi connectivity index (χ4n) is 1.31. The molecule has 2 rings (SSSR count). The molecule has 17 heavy (non-hydrogen) atoms. The zero-order valence-electron chi connectivity index (χ0n) is 8.76. The third-order valence-corrected chi connectivity index (χ3v) is 4.39. The van der Waals surface area contributed by atoms with Crippen LogP contribution in [0.4, 0.5) is 0 Å². The summed E-state index contributed by atoms with van der Waals surface area (Å²) in [5, 5.41) is 4.31. The lowest BCUT2D eigenvalue weighted by Gasteiger charge is -2.06. The minimum absolute atomic E-state index is 0.0216. The van der Waals surface area contributed by atoms with E-state index >= 15 is 0 Å². The van der Waals surface area contributed by atoms with Crippen LogP contribution in [0.2, 0.25) is 10.0 Å². The number of aromatic nitrogens is 2. The first-order valence-electron chi connectivity index (χ1n) is 4.64. The van der Waals surface area contributed by atoms with E-state index in [0.717, 1.165) is 4.09 Å². The predicted molar refractivity (Wildman–Crippen MR) is 66.0 cm³/mol. The van der Waals surface area contributed by atoms with E-state index in [0.29, 0.717) is 10.7 Å². The van der Waals surface area contributed by atoms with Gasteiger partial charge in [-0.2, -0.15) is 17.6 Å². The predicted octanol–water partition coefficient (Wildman–Crippen LogP) is 2.74. The van der Waals surface area contributed by atoms with Crippen molar-refractivity contribution in [2.75, 3.05) is 0 Å². The highest BCUT2D eigenvalue weighted by Crippen LogP contribution is 2.26. The van der Waals surface area contributed by atoms with Crippen molar-refractivity contribution in [1.82, 2.24) is 9.19 Å². The van der Waals surface area contributed by atoms with Crippen LogP contribution < -0.4 is 0 Å². The van der Waals surface area contributed by atoms with Gasteiger partial charge in [-0.15, -0.1) is 0 Å². The summed E-state index contributed by atoms with van der Waals surface area (Å²) in [7, 11) is -3.75. The van der Waals surface area contributed by atoms with E-state index in [9.17, 15) is 8.42 Å². The van der Waals surface area contributed by atoms with Crippen LogP contribution in [-0.4, -0.2) is 17.6 Å². The molecule has 0 N–H and O–H groups in total. The van der Waals surface area contributed by atoms with E-state index in [1.54, 1.807) is 13.0 Å². The molecule has 1 heterocycles. The van der Waals surface area contributed by atoms with Gasteiger partial charge < -0.3 is 0 Å². The number of hydrogen-bond donors (Lipinski definition) is 0. The molecule has 7 heteroatoms. The minimum Gasteiger partial charge on any atom is -0.199 e. The molecule has 90 valence electrons. The van der Waals surface area contributed by atoms with Crippen molar-refractivity contribution in [2.24, 2.45) is 0 Å². The highest BCUT2D eigenvalue weighted by Gasteiger charge is 2.21. The van der Waals surface area contributed by atoms with Gasteiger partial charge in [0, 0.05) is 11.2 Å². The molecule has 0 saturated carbocycles. The molecule has 0 spiro atoms. The smallest absolute Gasteiger partial charge is 0.199 e. The summed E-state index contributed by atoms with van der Waals surface area (Å²) < 4.78 is 25.2. The Hall–Kier alpha value is -1.04. The molecule has 0 saturated heterocycles. The minimum atomic E-state index is -3.75. The van der Waals surface area contributed by atoms with E-state index in [-0.39, 0.29) is 9.92 Å². The molecular formula is C10H8Cl2N2O2S. The van der Waals surface area contributed by atoms with Crippen LogP contribution in [0.15, 0.2) is 35.4 Å². The molecule has 0 fully saturated rings. The Morgan fingerprint density at radius 1 is 1.24 bits per heavy atom. The molecule has 0 atom stereocenters. The SMILES string of the molecule is Cc1ccn(S(=O)(=O)c2ccc(Cl)cc2Cl)n1. The number of aryl methyl sites for hydroxylation is 1. The van der Waals surface area contributed by atoms with E-state index < -0.39 is 10.0 Å². The van der Waals surface area contributed by atoms with Gasteiger partial charge in [-0.1, -0.05) is 23.2 Å². The second-order valence-electron chi connectivity index (χ2n) is 3.41. The van der Waals surface area contributed by atoms with Gasteiger partial charge in [-0.3, -0.25) is 0 Å². The average molecular weight is 291 g/mol.